The molecule has 0 saturated heterocycles. The summed E-state index contributed by atoms with van der Waals surface area (Å²) in [5.74, 6) is 0.456. The highest BCUT2D eigenvalue weighted by atomic mass is 32.1. The molecule has 0 fully saturated rings. The fourth-order valence-corrected chi connectivity index (χ4v) is 3.38. The van der Waals surface area contributed by atoms with E-state index in [4.69, 9.17) is 5.73 Å². The van der Waals surface area contributed by atoms with Crippen LogP contribution in [0.5, 0.6) is 0 Å². The molecule has 1 aliphatic rings. The molecule has 0 spiro atoms. The summed E-state index contributed by atoms with van der Waals surface area (Å²) in [4.78, 5) is 9.96. The SMILES string of the molecule is Cc1cncc(C2CCc3nc(N)sc32)c1. The molecular weight excluding hydrogens is 218 g/mol. The quantitative estimate of drug-likeness (QED) is 0.820. The number of aromatic nitrogens is 2. The summed E-state index contributed by atoms with van der Waals surface area (Å²) < 4.78 is 0. The standard InChI is InChI=1S/C12H13N3S/c1-7-4-8(6-14-5-7)9-2-3-10-11(9)16-12(13)15-10/h4-6,9H,2-3H2,1H3,(H2,13,15). The number of fused-ring (bicyclic) bond motifs is 1. The fourth-order valence-electron chi connectivity index (χ4n) is 2.33. The first-order valence-corrected chi connectivity index (χ1v) is 6.22. The number of pyridine rings is 1. The molecule has 2 aromatic rings. The molecule has 0 radical (unpaired) electrons. The lowest BCUT2D eigenvalue weighted by molar-refractivity contribution is 0.785. The highest BCUT2D eigenvalue weighted by molar-refractivity contribution is 7.15. The maximum absolute atomic E-state index is 5.75. The average molecular weight is 231 g/mol. The molecule has 0 saturated carbocycles. The minimum atomic E-state index is 0.456. The summed E-state index contributed by atoms with van der Waals surface area (Å²) >= 11 is 1.62. The number of hydrogen-bond donors (Lipinski definition) is 1. The van der Waals surface area contributed by atoms with Crippen molar-refractivity contribution in [2.24, 2.45) is 0 Å². The van der Waals surface area contributed by atoms with Gasteiger partial charge in [-0.2, -0.15) is 0 Å². The zero-order valence-corrected chi connectivity index (χ0v) is 9.92. The van der Waals surface area contributed by atoms with Crippen LogP contribution < -0.4 is 5.73 Å². The molecule has 3 nitrogen and oxygen atoms in total. The van der Waals surface area contributed by atoms with Crippen molar-refractivity contribution in [2.45, 2.75) is 25.7 Å². The lowest BCUT2D eigenvalue weighted by Gasteiger charge is -2.09. The van der Waals surface area contributed by atoms with E-state index in [1.54, 1.807) is 11.3 Å². The van der Waals surface area contributed by atoms with Crippen molar-refractivity contribution < 1.29 is 0 Å². The van der Waals surface area contributed by atoms with Crippen LogP contribution in [-0.2, 0) is 6.42 Å². The minimum absolute atomic E-state index is 0.456. The molecule has 3 rings (SSSR count). The molecule has 2 heterocycles. The Balaban J connectivity index is 2.03. The number of nitrogens with zero attached hydrogens (tertiary/aromatic N) is 2. The van der Waals surface area contributed by atoms with Crippen LogP contribution in [-0.4, -0.2) is 9.97 Å². The van der Waals surface area contributed by atoms with E-state index in [1.807, 2.05) is 12.4 Å². The minimum Gasteiger partial charge on any atom is -0.375 e. The third-order valence-corrected chi connectivity index (χ3v) is 4.07. The van der Waals surface area contributed by atoms with Crippen molar-refractivity contribution >= 4 is 16.5 Å². The van der Waals surface area contributed by atoms with Gasteiger partial charge >= 0.3 is 0 Å². The summed E-state index contributed by atoms with van der Waals surface area (Å²) in [6.45, 7) is 2.08. The van der Waals surface area contributed by atoms with E-state index < -0.39 is 0 Å². The van der Waals surface area contributed by atoms with E-state index in [9.17, 15) is 0 Å². The van der Waals surface area contributed by atoms with Crippen molar-refractivity contribution in [3.63, 3.8) is 0 Å². The van der Waals surface area contributed by atoms with Gasteiger partial charge in [0.25, 0.3) is 0 Å². The van der Waals surface area contributed by atoms with Crippen molar-refractivity contribution in [2.75, 3.05) is 5.73 Å². The smallest absolute Gasteiger partial charge is 0.180 e. The third-order valence-electron chi connectivity index (χ3n) is 3.03. The maximum Gasteiger partial charge on any atom is 0.180 e. The zero-order chi connectivity index (χ0) is 11.1. The van der Waals surface area contributed by atoms with Crippen LogP contribution in [0.2, 0.25) is 0 Å². The Labute approximate surface area is 98.4 Å². The van der Waals surface area contributed by atoms with Gasteiger partial charge in [-0.3, -0.25) is 4.98 Å². The predicted octanol–water partition coefficient (Wildman–Crippen LogP) is 2.51. The average Bonchev–Trinajstić information content (AvgIpc) is 2.76. The molecule has 0 aliphatic heterocycles. The molecular formula is C12H13N3S. The van der Waals surface area contributed by atoms with Gasteiger partial charge < -0.3 is 5.73 Å². The second-order valence-corrected chi connectivity index (χ2v) is 5.31. The van der Waals surface area contributed by atoms with Crippen LogP contribution >= 0.6 is 11.3 Å². The Morgan fingerprint density at radius 3 is 3.12 bits per heavy atom. The molecule has 1 aliphatic carbocycles. The van der Waals surface area contributed by atoms with Crippen molar-refractivity contribution in [1.82, 2.24) is 9.97 Å². The fraction of sp³-hybridized carbons (Fsp3) is 0.333. The van der Waals surface area contributed by atoms with Gasteiger partial charge in [-0.15, -0.1) is 11.3 Å². The van der Waals surface area contributed by atoms with Gasteiger partial charge in [0.05, 0.1) is 5.69 Å². The summed E-state index contributed by atoms with van der Waals surface area (Å²) in [6, 6.07) is 2.21. The second-order valence-electron chi connectivity index (χ2n) is 4.25. The number of anilines is 1. The van der Waals surface area contributed by atoms with Gasteiger partial charge in [-0.1, -0.05) is 6.07 Å². The summed E-state index contributed by atoms with van der Waals surface area (Å²) in [7, 11) is 0. The topological polar surface area (TPSA) is 51.8 Å². The summed E-state index contributed by atoms with van der Waals surface area (Å²) in [6.07, 6.45) is 6.03. The molecule has 4 heteroatoms. The first kappa shape index (κ1) is 9.78. The third kappa shape index (κ3) is 1.50. The number of nitrogens with two attached hydrogens (primary N) is 1. The van der Waals surface area contributed by atoms with Gasteiger partial charge in [0, 0.05) is 23.2 Å². The van der Waals surface area contributed by atoms with Crippen molar-refractivity contribution in [3.8, 4) is 0 Å². The number of rotatable bonds is 1. The Kier molecular flexibility index (Phi) is 2.17. The summed E-state index contributed by atoms with van der Waals surface area (Å²) in [5.41, 5.74) is 9.45. The number of aryl methyl sites for hydroxylation is 2. The van der Waals surface area contributed by atoms with E-state index >= 15 is 0 Å². The highest BCUT2D eigenvalue weighted by Gasteiger charge is 2.27. The maximum atomic E-state index is 5.75. The molecule has 2 N–H and O–H groups in total. The van der Waals surface area contributed by atoms with Crippen LogP contribution in [0.25, 0.3) is 0 Å². The molecule has 2 aromatic heterocycles. The lowest BCUT2D eigenvalue weighted by atomic mass is 9.99. The van der Waals surface area contributed by atoms with E-state index in [0.29, 0.717) is 11.0 Å². The van der Waals surface area contributed by atoms with E-state index in [1.165, 1.54) is 21.7 Å². The van der Waals surface area contributed by atoms with E-state index in [-0.39, 0.29) is 0 Å². The largest absolute Gasteiger partial charge is 0.375 e. The Morgan fingerprint density at radius 1 is 1.44 bits per heavy atom. The first-order chi connectivity index (χ1) is 7.74. The Bertz CT molecular complexity index is 533. The molecule has 0 amide bonds. The van der Waals surface area contributed by atoms with Crippen LogP contribution in [0.3, 0.4) is 0 Å². The molecule has 1 atom stereocenters. The van der Waals surface area contributed by atoms with Crippen LogP contribution in [0.4, 0.5) is 5.13 Å². The van der Waals surface area contributed by atoms with Crippen molar-refractivity contribution in [1.29, 1.82) is 0 Å². The van der Waals surface area contributed by atoms with Crippen LogP contribution in [0, 0.1) is 6.92 Å². The van der Waals surface area contributed by atoms with E-state index in [2.05, 4.69) is 23.0 Å². The van der Waals surface area contributed by atoms with Gasteiger partial charge in [0.15, 0.2) is 5.13 Å². The van der Waals surface area contributed by atoms with Gasteiger partial charge in [0.2, 0.25) is 0 Å². The summed E-state index contributed by atoms with van der Waals surface area (Å²) in [5, 5.41) is 0.690. The van der Waals surface area contributed by atoms with Crippen LogP contribution in [0.1, 0.15) is 34.0 Å². The van der Waals surface area contributed by atoms with Crippen molar-refractivity contribution in [3.05, 3.63) is 40.2 Å². The van der Waals surface area contributed by atoms with Gasteiger partial charge in [-0.05, 0) is 30.9 Å². The number of hydrogen-bond acceptors (Lipinski definition) is 4. The van der Waals surface area contributed by atoms with Gasteiger partial charge in [-0.25, -0.2) is 4.98 Å². The van der Waals surface area contributed by atoms with E-state index in [0.717, 1.165) is 12.8 Å². The molecule has 0 aromatic carbocycles. The predicted molar refractivity (Wildman–Crippen MR) is 65.7 cm³/mol. The first-order valence-electron chi connectivity index (χ1n) is 5.40. The Hall–Kier alpha value is -1.42. The van der Waals surface area contributed by atoms with Gasteiger partial charge in [0.1, 0.15) is 0 Å². The Morgan fingerprint density at radius 2 is 2.31 bits per heavy atom. The zero-order valence-electron chi connectivity index (χ0n) is 9.10. The van der Waals surface area contributed by atoms with Crippen LogP contribution in [0.15, 0.2) is 18.5 Å². The lowest BCUT2D eigenvalue weighted by Crippen LogP contribution is -1.95. The highest BCUT2D eigenvalue weighted by Crippen LogP contribution is 2.41. The number of thiazole rings is 1. The molecule has 0 bridgehead atoms. The second kappa shape index (κ2) is 3.56. The number of nitrogen functional groups attached to an aromatic ring is 1. The normalized spacial score (nSPS) is 18.7. The monoisotopic (exact) mass is 231 g/mol. The molecule has 1 unspecified atom stereocenters. The molecule has 82 valence electrons. The molecule has 16 heavy (non-hydrogen) atoms.